The Balaban J connectivity index is 4.16. The molecule has 0 aromatic carbocycles. The fourth-order valence-electron chi connectivity index (χ4n) is 0.378. The Morgan fingerprint density at radius 2 is 1.92 bits per heavy atom. The molecule has 0 aliphatic heterocycles. The largest absolute Gasteiger partial charge is 0.476 e. The Hall–Kier alpha value is -1.24. The van der Waals surface area contributed by atoms with Crippen LogP contribution in [0.3, 0.4) is 0 Å². The Morgan fingerprint density at radius 1 is 1.42 bits per heavy atom. The molecule has 0 rings (SSSR count). The van der Waals surface area contributed by atoms with E-state index < -0.39 is 31.0 Å². The van der Waals surface area contributed by atoms with Crippen LogP contribution >= 0.6 is 0 Å². The van der Waals surface area contributed by atoms with Gasteiger partial charge in [0.25, 0.3) is 0 Å². The number of carboxylic acid groups (broad SMARTS) is 1. The quantitative estimate of drug-likeness (QED) is 0.478. The van der Waals surface area contributed by atoms with Crippen LogP contribution < -0.4 is 5.32 Å². The number of hydrogen-bond acceptors (Lipinski definition) is 3. The van der Waals surface area contributed by atoms with Gasteiger partial charge in [0.15, 0.2) is 0 Å². The first kappa shape index (κ1) is 10.8. The van der Waals surface area contributed by atoms with Gasteiger partial charge in [-0.1, -0.05) is 0 Å². The first-order chi connectivity index (χ1) is 5.42. The summed E-state index contributed by atoms with van der Waals surface area (Å²) < 4.78 is 24.3. The summed E-state index contributed by atoms with van der Waals surface area (Å²) in [6, 6.07) is 0. The number of hydrogen-bond donors (Lipinski definition) is 3. The molecule has 5 nitrogen and oxygen atoms in total. The number of carbonyl (C=O) groups excluding carboxylic acids is 1. The fourth-order valence-corrected chi connectivity index (χ4v) is 0.378. The average Bonchev–Trinajstić information content (AvgIpc) is 1.99. The molecule has 0 atom stereocenters. The van der Waals surface area contributed by atoms with Gasteiger partial charge < -0.3 is 15.5 Å². The first-order valence-electron chi connectivity index (χ1n) is 2.93. The summed E-state index contributed by atoms with van der Waals surface area (Å²) in [6.45, 7) is -0.927. The van der Waals surface area contributed by atoms with Crippen molar-refractivity contribution in [2.75, 3.05) is 13.2 Å². The highest BCUT2D eigenvalue weighted by atomic mass is 19.3. The van der Waals surface area contributed by atoms with Gasteiger partial charge in [-0.3, -0.25) is 4.79 Å². The molecule has 7 heteroatoms. The molecule has 12 heavy (non-hydrogen) atoms. The predicted octanol–water partition coefficient (Wildman–Crippen LogP) is -1.19. The van der Waals surface area contributed by atoms with Crippen molar-refractivity contribution in [3.63, 3.8) is 0 Å². The lowest BCUT2D eigenvalue weighted by Gasteiger charge is -2.09. The number of alkyl halides is 2. The number of nitrogens with one attached hydrogen (secondary N) is 1. The van der Waals surface area contributed by atoms with E-state index in [9.17, 15) is 18.4 Å². The zero-order chi connectivity index (χ0) is 9.78. The molecule has 0 aromatic heterocycles. The summed E-state index contributed by atoms with van der Waals surface area (Å²) in [5.41, 5.74) is 0. The second-order valence-electron chi connectivity index (χ2n) is 1.86. The van der Waals surface area contributed by atoms with Gasteiger partial charge in [0, 0.05) is 6.54 Å². The molecule has 0 aliphatic rings. The van der Waals surface area contributed by atoms with Crippen LogP contribution in [0.25, 0.3) is 0 Å². The molecule has 0 aliphatic carbocycles. The number of halogens is 2. The van der Waals surface area contributed by atoms with E-state index in [1.54, 1.807) is 0 Å². The number of aliphatic hydroxyl groups excluding tert-OH is 1. The second kappa shape index (κ2) is 3.96. The molecule has 0 saturated carbocycles. The summed E-state index contributed by atoms with van der Waals surface area (Å²) in [5.74, 6) is -8.88. The smallest absolute Gasteiger partial charge is 0.418 e. The second-order valence-corrected chi connectivity index (χ2v) is 1.86. The number of carbonyl (C=O) groups is 2. The van der Waals surface area contributed by atoms with E-state index in [4.69, 9.17) is 10.2 Å². The lowest BCUT2D eigenvalue weighted by molar-refractivity contribution is -0.172. The molecule has 0 fully saturated rings. The molecule has 0 aromatic rings. The molecule has 0 heterocycles. The average molecular weight is 183 g/mol. The maximum Gasteiger partial charge on any atom is 0.418 e. The molecular weight excluding hydrogens is 176 g/mol. The Bertz CT molecular complexity index is 194. The van der Waals surface area contributed by atoms with E-state index in [2.05, 4.69) is 0 Å². The summed E-state index contributed by atoms with van der Waals surface area (Å²) in [4.78, 5) is 20.1. The van der Waals surface area contributed by atoms with Crippen LogP contribution in [0.5, 0.6) is 0 Å². The van der Waals surface area contributed by atoms with Crippen LogP contribution in [0, 0.1) is 0 Å². The van der Waals surface area contributed by atoms with Crippen LogP contribution in [0.4, 0.5) is 8.78 Å². The van der Waals surface area contributed by atoms with Gasteiger partial charge in [-0.2, -0.15) is 8.78 Å². The fraction of sp³-hybridized carbons (Fsp3) is 0.600. The number of rotatable bonds is 4. The van der Waals surface area contributed by atoms with E-state index in [0.717, 1.165) is 0 Å². The molecule has 3 N–H and O–H groups in total. The summed E-state index contributed by atoms with van der Waals surface area (Å²) in [6.07, 6.45) is 0. The minimum absolute atomic E-state index is 0.401. The van der Waals surface area contributed by atoms with Gasteiger partial charge >= 0.3 is 17.8 Å². The van der Waals surface area contributed by atoms with Gasteiger partial charge in [-0.05, 0) is 0 Å². The van der Waals surface area contributed by atoms with Crippen LogP contribution in [0.2, 0.25) is 0 Å². The van der Waals surface area contributed by atoms with Gasteiger partial charge in [0.2, 0.25) is 0 Å². The maximum atomic E-state index is 12.2. The van der Waals surface area contributed by atoms with Crippen molar-refractivity contribution in [1.29, 1.82) is 0 Å². The van der Waals surface area contributed by atoms with Gasteiger partial charge in [0.05, 0.1) is 6.61 Å². The van der Waals surface area contributed by atoms with Crippen molar-refractivity contribution in [1.82, 2.24) is 5.32 Å². The lowest BCUT2D eigenvalue weighted by atomic mass is 10.3. The summed E-state index contributed by atoms with van der Waals surface area (Å²) >= 11 is 0. The first-order valence-corrected chi connectivity index (χ1v) is 2.93. The predicted molar refractivity (Wildman–Crippen MR) is 32.7 cm³/mol. The zero-order valence-corrected chi connectivity index (χ0v) is 5.88. The van der Waals surface area contributed by atoms with E-state index in [1.807, 2.05) is 0 Å². The topological polar surface area (TPSA) is 86.6 Å². The molecular formula is C5H7F2NO4. The van der Waals surface area contributed by atoms with Crippen molar-refractivity contribution < 1.29 is 28.6 Å². The van der Waals surface area contributed by atoms with Gasteiger partial charge in [-0.25, -0.2) is 4.79 Å². The number of aliphatic carboxylic acids is 1. The minimum Gasteiger partial charge on any atom is -0.476 e. The third-order valence-corrected chi connectivity index (χ3v) is 0.951. The number of aliphatic hydroxyl groups is 1. The molecule has 0 bridgehead atoms. The minimum atomic E-state index is -4.44. The highest BCUT2D eigenvalue weighted by molar-refractivity contribution is 6.03. The Labute approximate surface area is 66.0 Å². The molecule has 0 saturated heterocycles. The molecule has 1 amide bonds. The van der Waals surface area contributed by atoms with Crippen LogP contribution in [0.15, 0.2) is 0 Å². The zero-order valence-electron chi connectivity index (χ0n) is 5.88. The number of carboxylic acids is 1. The Morgan fingerprint density at radius 3 is 2.25 bits per heavy atom. The molecule has 70 valence electrons. The lowest BCUT2D eigenvalue weighted by Crippen LogP contribution is -2.46. The SMILES string of the molecule is O=C(O)C(F)(F)C(=O)NCCO. The summed E-state index contributed by atoms with van der Waals surface area (Å²) in [7, 11) is 0. The van der Waals surface area contributed by atoms with Crippen molar-refractivity contribution in [3.05, 3.63) is 0 Å². The van der Waals surface area contributed by atoms with E-state index in [1.165, 1.54) is 5.32 Å². The van der Waals surface area contributed by atoms with E-state index in [-0.39, 0.29) is 0 Å². The van der Waals surface area contributed by atoms with Crippen LogP contribution in [-0.2, 0) is 9.59 Å². The molecule has 0 radical (unpaired) electrons. The van der Waals surface area contributed by atoms with Crippen molar-refractivity contribution >= 4 is 11.9 Å². The third kappa shape index (κ3) is 2.42. The molecule has 0 spiro atoms. The molecule has 0 unspecified atom stereocenters. The van der Waals surface area contributed by atoms with Crippen molar-refractivity contribution in [2.24, 2.45) is 0 Å². The summed E-state index contributed by atoms with van der Waals surface area (Å²) in [5, 5.41) is 17.5. The van der Waals surface area contributed by atoms with Gasteiger partial charge in [0.1, 0.15) is 0 Å². The highest BCUT2D eigenvalue weighted by Crippen LogP contribution is 2.12. The highest BCUT2D eigenvalue weighted by Gasteiger charge is 2.47. The van der Waals surface area contributed by atoms with E-state index >= 15 is 0 Å². The monoisotopic (exact) mass is 183 g/mol. The number of amides is 1. The third-order valence-electron chi connectivity index (χ3n) is 0.951. The Kier molecular flexibility index (Phi) is 3.55. The van der Waals surface area contributed by atoms with Crippen LogP contribution in [0.1, 0.15) is 0 Å². The van der Waals surface area contributed by atoms with Gasteiger partial charge in [-0.15, -0.1) is 0 Å². The maximum absolute atomic E-state index is 12.2. The van der Waals surface area contributed by atoms with Crippen LogP contribution in [-0.4, -0.2) is 41.2 Å². The normalized spacial score (nSPS) is 10.9. The van der Waals surface area contributed by atoms with Crippen molar-refractivity contribution in [2.45, 2.75) is 5.92 Å². The standard InChI is InChI=1S/C5H7F2NO4/c6-5(7,4(11)12)3(10)8-1-2-9/h9H,1-2H2,(H,8,10)(H,11,12). The van der Waals surface area contributed by atoms with Crippen molar-refractivity contribution in [3.8, 4) is 0 Å². The van der Waals surface area contributed by atoms with E-state index in [0.29, 0.717) is 0 Å².